The van der Waals surface area contributed by atoms with E-state index in [-0.39, 0.29) is 42.2 Å². The summed E-state index contributed by atoms with van der Waals surface area (Å²) in [7, 11) is 0. The summed E-state index contributed by atoms with van der Waals surface area (Å²) < 4.78 is 6.87. The molecule has 11 nitrogen and oxygen atoms in total. The third-order valence-corrected chi connectivity index (χ3v) is 5.34. The molecule has 3 atom stereocenters. The fraction of sp³-hybridized carbons (Fsp3) is 0.474. The number of carbonyl (C=O) groups is 3. The molecule has 0 saturated carbocycles. The molecule has 2 aromatic rings. The van der Waals surface area contributed by atoms with Crippen LogP contribution in [-0.4, -0.2) is 56.1 Å². The van der Waals surface area contributed by atoms with Crippen LogP contribution in [0.2, 0.25) is 0 Å². The minimum absolute atomic E-state index is 0.0167. The van der Waals surface area contributed by atoms with E-state index in [1.165, 1.54) is 13.0 Å². The number of hydrogen-bond donors (Lipinski definition) is 2. The number of aryl methyl sites for hydroxylation is 1. The molecule has 2 aliphatic rings. The maximum atomic E-state index is 13.0. The number of amides is 2. The van der Waals surface area contributed by atoms with Crippen molar-refractivity contribution < 1.29 is 23.9 Å². The molecule has 1 fully saturated rings. The molecule has 160 valence electrons. The van der Waals surface area contributed by atoms with Crippen LogP contribution in [-0.2, 0) is 20.9 Å². The van der Waals surface area contributed by atoms with Crippen molar-refractivity contribution in [3.05, 3.63) is 46.0 Å². The van der Waals surface area contributed by atoms with Crippen LogP contribution in [0.25, 0.3) is 0 Å². The lowest BCUT2D eigenvalue weighted by Crippen LogP contribution is -2.54. The SMILES string of the molecule is CC(=O)N1C[C@H]2C[C@@H](C1)[C@H](C(=O)NCc1nnc(C)o1)n1c2cccc1=O.O=CO. The van der Waals surface area contributed by atoms with E-state index in [0.29, 0.717) is 24.9 Å². The zero-order valence-corrected chi connectivity index (χ0v) is 16.6. The fourth-order valence-electron chi connectivity index (χ4n) is 4.20. The number of likely N-dealkylation sites (tertiary alicyclic amines) is 1. The number of rotatable bonds is 3. The van der Waals surface area contributed by atoms with Crippen LogP contribution < -0.4 is 10.9 Å². The van der Waals surface area contributed by atoms with E-state index in [2.05, 4.69) is 15.5 Å². The summed E-state index contributed by atoms with van der Waals surface area (Å²) in [5.74, 6) is 0.370. The minimum Gasteiger partial charge on any atom is -0.483 e. The predicted molar refractivity (Wildman–Crippen MR) is 102 cm³/mol. The number of nitrogens with zero attached hydrogens (tertiary/aromatic N) is 4. The van der Waals surface area contributed by atoms with Crippen LogP contribution in [0.3, 0.4) is 0 Å². The van der Waals surface area contributed by atoms with Crippen LogP contribution in [0.1, 0.15) is 42.8 Å². The Bertz CT molecular complexity index is 999. The number of carbonyl (C=O) groups excluding carboxylic acids is 2. The summed E-state index contributed by atoms with van der Waals surface area (Å²) in [6.45, 7) is 4.09. The van der Waals surface area contributed by atoms with E-state index in [4.69, 9.17) is 14.3 Å². The van der Waals surface area contributed by atoms with Gasteiger partial charge in [-0.3, -0.25) is 23.7 Å². The highest BCUT2D eigenvalue weighted by molar-refractivity contribution is 5.81. The molecule has 4 heterocycles. The second kappa shape index (κ2) is 8.89. The first kappa shape index (κ1) is 21.2. The molecule has 4 rings (SSSR count). The number of carboxylic acid groups (broad SMARTS) is 1. The topological polar surface area (TPSA) is 148 Å². The standard InChI is InChI=1S/C18H21N5O4.CH2O2/c1-10-20-21-15(27-10)7-19-18(26)17-13-6-12(8-22(9-13)11(2)24)14-4-3-5-16(25)23(14)17;2-1-3/h3-5,12-13,17H,6-9H2,1-2H3,(H,19,26);1H,(H,2,3)/t12-,13+,17-;/m1./s1. The molecule has 0 radical (unpaired) electrons. The lowest BCUT2D eigenvalue weighted by atomic mass is 9.78. The van der Waals surface area contributed by atoms with Gasteiger partial charge in [-0.05, 0) is 12.5 Å². The Labute approximate surface area is 171 Å². The molecule has 30 heavy (non-hydrogen) atoms. The highest BCUT2D eigenvalue weighted by atomic mass is 16.4. The van der Waals surface area contributed by atoms with Crippen molar-refractivity contribution in [2.75, 3.05) is 13.1 Å². The average Bonchev–Trinajstić information content (AvgIpc) is 3.13. The fourth-order valence-corrected chi connectivity index (χ4v) is 4.20. The molecule has 0 aromatic carbocycles. The maximum absolute atomic E-state index is 13.0. The molecule has 2 N–H and O–H groups in total. The van der Waals surface area contributed by atoms with Crippen molar-refractivity contribution in [1.82, 2.24) is 25.0 Å². The van der Waals surface area contributed by atoms with Gasteiger partial charge in [0.25, 0.3) is 12.0 Å². The van der Waals surface area contributed by atoms with Gasteiger partial charge in [0.15, 0.2) is 0 Å². The molecular weight excluding hydrogens is 394 g/mol. The summed E-state index contributed by atoms with van der Waals surface area (Å²) >= 11 is 0. The van der Waals surface area contributed by atoms with Gasteiger partial charge in [-0.1, -0.05) is 6.07 Å². The first-order valence-corrected chi connectivity index (χ1v) is 9.47. The summed E-state index contributed by atoms with van der Waals surface area (Å²) in [6, 6.07) is 4.37. The van der Waals surface area contributed by atoms with Gasteiger partial charge in [0.2, 0.25) is 23.6 Å². The number of nitrogens with one attached hydrogen (secondary N) is 1. The molecule has 0 spiro atoms. The molecule has 2 aliphatic heterocycles. The second-order valence-corrected chi connectivity index (χ2v) is 7.26. The Balaban J connectivity index is 0.000000806. The van der Waals surface area contributed by atoms with Crippen molar-refractivity contribution in [2.45, 2.75) is 38.8 Å². The predicted octanol–water partition coefficient (Wildman–Crippen LogP) is 0.0636. The molecule has 1 saturated heterocycles. The summed E-state index contributed by atoms with van der Waals surface area (Å²) in [5, 5.41) is 17.3. The maximum Gasteiger partial charge on any atom is 0.290 e. The third-order valence-electron chi connectivity index (χ3n) is 5.34. The number of hydrogen-bond acceptors (Lipinski definition) is 7. The molecular formula is C19H23N5O6. The van der Waals surface area contributed by atoms with Crippen molar-refractivity contribution in [2.24, 2.45) is 5.92 Å². The molecule has 2 amide bonds. The quantitative estimate of drug-likeness (QED) is 0.667. The lowest BCUT2D eigenvalue weighted by Gasteiger charge is -2.46. The second-order valence-electron chi connectivity index (χ2n) is 7.26. The normalized spacial score (nSPS) is 21.7. The van der Waals surface area contributed by atoms with Gasteiger partial charge >= 0.3 is 0 Å². The number of aromatic nitrogens is 3. The van der Waals surface area contributed by atoms with Gasteiger partial charge in [0.1, 0.15) is 6.04 Å². The van der Waals surface area contributed by atoms with Crippen LogP contribution >= 0.6 is 0 Å². The Morgan fingerprint density at radius 1 is 1.33 bits per heavy atom. The van der Waals surface area contributed by atoms with Gasteiger partial charge in [-0.15, -0.1) is 10.2 Å². The van der Waals surface area contributed by atoms with Gasteiger partial charge in [-0.2, -0.15) is 0 Å². The van der Waals surface area contributed by atoms with Gasteiger partial charge in [0.05, 0.1) is 6.54 Å². The van der Waals surface area contributed by atoms with Crippen LogP contribution in [0.15, 0.2) is 27.4 Å². The number of piperidine rings is 1. The molecule has 2 bridgehead atoms. The van der Waals surface area contributed by atoms with E-state index >= 15 is 0 Å². The minimum atomic E-state index is -0.670. The lowest BCUT2D eigenvalue weighted by molar-refractivity contribution is -0.135. The zero-order valence-electron chi connectivity index (χ0n) is 16.6. The van der Waals surface area contributed by atoms with Crippen LogP contribution in [0.5, 0.6) is 0 Å². The molecule has 0 aliphatic carbocycles. The smallest absolute Gasteiger partial charge is 0.290 e. The molecule has 2 aromatic heterocycles. The summed E-state index contributed by atoms with van der Waals surface area (Å²) in [6.07, 6.45) is 0.769. The van der Waals surface area contributed by atoms with Crippen molar-refractivity contribution in [3.63, 3.8) is 0 Å². The summed E-state index contributed by atoms with van der Waals surface area (Å²) in [4.78, 5) is 47.6. The highest BCUT2D eigenvalue weighted by Gasteiger charge is 2.44. The first-order valence-electron chi connectivity index (χ1n) is 9.47. The number of fused-ring (bicyclic) bond motifs is 4. The Hall–Kier alpha value is -3.50. The van der Waals surface area contributed by atoms with E-state index < -0.39 is 6.04 Å². The van der Waals surface area contributed by atoms with Crippen molar-refractivity contribution in [3.8, 4) is 0 Å². The molecule has 0 unspecified atom stereocenters. The van der Waals surface area contributed by atoms with E-state index in [1.54, 1.807) is 22.5 Å². The highest BCUT2D eigenvalue weighted by Crippen LogP contribution is 2.41. The monoisotopic (exact) mass is 417 g/mol. The Morgan fingerprint density at radius 2 is 2.07 bits per heavy atom. The van der Waals surface area contributed by atoms with E-state index in [9.17, 15) is 14.4 Å². The van der Waals surface area contributed by atoms with Crippen LogP contribution in [0.4, 0.5) is 0 Å². The zero-order chi connectivity index (χ0) is 21.8. The first-order chi connectivity index (χ1) is 14.3. The Morgan fingerprint density at radius 3 is 2.70 bits per heavy atom. The van der Waals surface area contributed by atoms with Crippen molar-refractivity contribution >= 4 is 18.3 Å². The van der Waals surface area contributed by atoms with Gasteiger partial charge in [-0.25, -0.2) is 0 Å². The van der Waals surface area contributed by atoms with Gasteiger partial charge < -0.3 is 19.7 Å². The number of pyridine rings is 1. The molecule has 11 heteroatoms. The van der Waals surface area contributed by atoms with Crippen LogP contribution in [0, 0.1) is 12.8 Å². The summed E-state index contributed by atoms with van der Waals surface area (Å²) in [5.41, 5.74) is 0.603. The van der Waals surface area contributed by atoms with E-state index in [0.717, 1.165) is 12.1 Å². The third kappa shape index (κ3) is 4.24. The van der Waals surface area contributed by atoms with E-state index in [1.807, 2.05) is 6.07 Å². The van der Waals surface area contributed by atoms with Gasteiger partial charge in [0, 0.05) is 50.5 Å². The largest absolute Gasteiger partial charge is 0.483 e. The van der Waals surface area contributed by atoms with Crippen molar-refractivity contribution in [1.29, 1.82) is 0 Å². The average molecular weight is 417 g/mol. The Kier molecular flexibility index (Phi) is 6.28.